The van der Waals surface area contributed by atoms with Gasteiger partial charge >= 0.3 is 5.97 Å². The van der Waals surface area contributed by atoms with Crippen LogP contribution in [0, 0.1) is 5.92 Å². The van der Waals surface area contributed by atoms with Gasteiger partial charge in [0.25, 0.3) is 0 Å². The third kappa shape index (κ3) is 6.67. The molecule has 0 fully saturated rings. The molecule has 4 nitrogen and oxygen atoms in total. The van der Waals surface area contributed by atoms with E-state index in [0.29, 0.717) is 13.0 Å². The molecule has 1 aromatic carbocycles. The number of carboxylic acid groups (broad SMARTS) is 1. The number of carbonyl (C=O) groups excluding carboxylic acids is 1. The number of hydrogen-bond donors (Lipinski definition) is 1. The fourth-order valence-electron chi connectivity index (χ4n) is 1.90. The number of aliphatic carboxylic acids is 1. The zero-order valence-electron chi connectivity index (χ0n) is 12.6. The molecule has 1 aromatic rings. The summed E-state index contributed by atoms with van der Waals surface area (Å²) in [6, 6.07) is 10.1. The Morgan fingerprint density at radius 2 is 1.95 bits per heavy atom. The first-order chi connectivity index (χ1) is 10.0. The number of nitrogens with zero attached hydrogens (tertiary/aromatic N) is 1. The molecule has 1 unspecified atom stereocenters. The van der Waals surface area contributed by atoms with Crippen LogP contribution < -0.4 is 0 Å². The molecule has 0 bridgehead atoms. The standard InChI is InChI=1S/C16H23NO3S/c1-3-17(12-13(2)16(19)20)15(18)10-7-11-21-14-8-5-4-6-9-14/h4-6,8-9,13H,3,7,10-12H2,1-2H3,(H,19,20). The molecule has 0 heterocycles. The first-order valence-corrected chi connectivity index (χ1v) is 8.21. The highest BCUT2D eigenvalue weighted by Crippen LogP contribution is 2.18. The summed E-state index contributed by atoms with van der Waals surface area (Å²) in [4.78, 5) is 25.8. The molecule has 0 aliphatic rings. The third-order valence-electron chi connectivity index (χ3n) is 3.20. The normalized spacial score (nSPS) is 11.9. The molecule has 1 amide bonds. The van der Waals surface area contributed by atoms with E-state index >= 15 is 0 Å². The van der Waals surface area contributed by atoms with Crippen molar-refractivity contribution in [3.8, 4) is 0 Å². The van der Waals surface area contributed by atoms with Gasteiger partial charge in [-0.05, 0) is 31.2 Å². The number of benzene rings is 1. The molecular weight excluding hydrogens is 286 g/mol. The van der Waals surface area contributed by atoms with Crippen molar-refractivity contribution in [1.82, 2.24) is 4.90 Å². The van der Waals surface area contributed by atoms with E-state index in [1.165, 1.54) is 4.90 Å². The van der Waals surface area contributed by atoms with Crippen LogP contribution in [0.2, 0.25) is 0 Å². The van der Waals surface area contributed by atoms with Crippen molar-refractivity contribution < 1.29 is 14.7 Å². The largest absolute Gasteiger partial charge is 0.481 e. The molecule has 0 saturated heterocycles. The SMILES string of the molecule is CCN(CC(C)C(=O)O)C(=O)CCCSc1ccccc1. The van der Waals surface area contributed by atoms with E-state index in [-0.39, 0.29) is 12.5 Å². The Labute approximate surface area is 130 Å². The Hall–Kier alpha value is -1.49. The van der Waals surface area contributed by atoms with Crippen molar-refractivity contribution in [2.75, 3.05) is 18.8 Å². The molecule has 0 radical (unpaired) electrons. The van der Waals surface area contributed by atoms with Crippen molar-refractivity contribution >= 4 is 23.6 Å². The van der Waals surface area contributed by atoms with Crippen molar-refractivity contribution in [3.05, 3.63) is 30.3 Å². The van der Waals surface area contributed by atoms with Gasteiger partial charge in [0, 0.05) is 24.4 Å². The third-order valence-corrected chi connectivity index (χ3v) is 4.30. The van der Waals surface area contributed by atoms with Crippen molar-refractivity contribution in [1.29, 1.82) is 0 Å². The summed E-state index contributed by atoms with van der Waals surface area (Å²) in [5.74, 6) is -0.449. The minimum Gasteiger partial charge on any atom is -0.481 e. The molecule has 116 valence electrons. The molecule has 1 rings (SSSR count). The van der Waals surface area contributed by atoms with Gasteiger partial charge < -0.3 is 10.0 Å². The average Bonchev–Trinajstić information content (AvgIpc) is 2.49. The molecular formula is C16H23NO3S. The smallest absolute Gasteiger partial charge is 0.308 e. The van der Waals surface area contributed by atoms with Gasteiger partial charge in [-0.25, -0.2) is 0 Å². The maximum Gasteiger partial charge on any atom is 0.308 e. The van der Waals surface area contributed by atoms with Gasteiger partial charge in [-0.1, -0.05) is 25.1 Å². The number of carbonyl (C=O) groups is 2. The van der Waals surface area contributed by atoms with Crippen LogP contribution in [0.5, 0.6) is 0 Å². The minimum absolute atomic E-state index is 0.0410. The topological polar surface area (TPSA) is 57.6 Å². The highest BCUT2D eigenvalue weighted by Gasteiger charge is 2.18. The van der Waals surface area contributed by atoms with Crippen LogP contribution >= 0.6 is 11.8 Å². The lowest BCUT2D eigenvalue weighted by atomic mass is 10.1. The van der Waals surface area contributed by atoms with Gasteiger partial charge in [-0.15, -0.1) is 11.8 Å². The second-order valence-electron chi connectivity index (χ2n) is 4.94. The zero-order valence-corrected chi connectivity index (χ0v) is 13.4. The summed E-state index contributed by atoms with van der Waals surface area (Å²) < 4.78 is 0. The minimum atomic E-state index is -0.860. The van der Waals surface area contributed by atoms with Gasteiger partial charge in [0.05, 0.1) is 5.92 Å². The molecule has 0 spiro atoms. The van der Waals surface area contributed by atoms with Crippen LogP contribution in [0.15, 0.2) is 35.2 Å². The highest BCUT2D eigenvalue weighted by molar-refractivity contribution is 7.99. The number of thioether (sulfide) groups is 1. The fraction of sp³-hybridized carbons (Fsp3) is 0.500. The molecule has 0 aromatic heterocycles. The zero-order chi connectivity index (χ0) is 15.7. The van der Waals surface area contributed by atoms with E-state index in [2.05, 4.69) is 12.1 Å². The quantitative estimate of drug-likeness (QED) is 0.562. The van der Waals surface area contributed by atoms with Crippen LogP contribution in [0.3, 0.4) is 0 Å². The van der Waals surface area contributed by atoms with Crippen molar-refractivity contribution in [2.24, 2.45) is 5.92 Å². The summed E-state index contributed by atoms with van der Waals surface area (Å²) in [7, 11) is 0. The predicted molar refractivity (Wildman–Crippen MR) is 85.5 cm³/mol. The second kappa shape index (κ2) is 9.45. The average molecular weight is 309 g/mol. The van der Waals surface area contributed by atoms with Crippen LogP contribution in [-0.2, 0) is 9.59 Å². The molecule has 21 heavy (non-hydrogen) atoms. The molecule has 0 aliphatic heterocycles. The van der Waals surface area contributed by atoms with Crippen molar-refractivity contribution in [3.63, 3.8) is 0 Å². The lowest BCUT2D eigenvalue weighted by Crippen LogP contribution is -2.36. The van der Waals surface area contributed by atoms with Gasteiger partial charge in [0.2, 0.25) is 5.91 Å². The lowest BCUT2D eigenvalue weighted by molar-refractivity contribution is -0.143. The number of rotatable bonds is 9. The van der Waals surface area contributed by atoms with E-state index in [0.717, 1.165) is 12.2 Å². The summed E-state index contributed by atoms with van der Waals surface area (Å²) in [5.41, 5.74) is 0. The Kier molecular flexibility index (Phi) is 7.90. The van der Waals surface area contributed by atoms with Gasteiger partial charge in [0.15, 0.2) is 0 Å². The monoisotopic (exact) mass is 309 g/mol. The summed E-state index contributed by atoms with van der Waals surface area (Å²) in [5, 5.41) is 8.91. The first-order valence-electron chi connectivity index (χ1n) is 7.23. The van der Waals surface area contributed by atoms with Gasteiger partial charge in [0.1, 0.15) is 0 Å². The van der Waals surface area contributed by atoms with Gasteiger partial charge in [-0.3, -0.25) is 9.59 Å². The lowest BCUT2D eigenvalue weighted by Gasteiger charge is -2.22. The number of amides is 1. The fourth-order valence-corrected chi connectivity index (χ4v) is 2.78. The molecule has 1 atom stereocenters. The maximum absolute atomic E-state index is 12.1. The van der Waals surface area contributed by atoms with E-state index in [9.17, 15) is 9.59 Å². The molecule has 5 heteroatoms. The summed E-state index contributed by atoms with van der Waals surface area (Å²) in [6.07, 6.45) is 1.27. The Bertz CT molecular complexity index is 450. The van der Waals surface area contributed by atoms with Crippen LogP contribution in [-0.4, -0.2) is 40.7 Å². The van der Waals surface area contributed by atoms with E-state index in [4.69, 9.17) is 5.11 Å². The first kappa shape index (κ1) is 17.6. The second-order valence-corrected chi connectivity index (χ2v) is 6.11. The maximum atomic E-state index is 12.1. The highest BCUT2D eigenvalue weighted by atomic mass is 32.2. The van der Waals surface area contributed by atoms with Crippen LogP contribution in [0.25, 0.3) is 0 Å². The van der Waals surface area contributed by atoms with Crippen LogP contribution in [0.1, 0.15) is 26.7 Å². The van der Waals surface area contributed by atoms with E-state index in [1.807, 2.05) is 25.1 Å². The molecule has 0 saturated carbocycles. The van der Waals surface area contributed by atoms with E-state index < -0.39 is 11.9 Å². The van der Waals surface area contributed by atoms with Crippen molar-refractivity contribution in [2.45, 2.75) is 31.6 Å². The van der Waals surface area contributed by atoms with Gasteiger partial charge in [-0.2, -0.15) is 0 Å². The number of hydrogen-bond acceptors (Lipinski definition) is 3. The van der Waals surface area contributed by atoms with E-state index in [1.54, 1.807) is 23.6 Å². The Morgan fingerprint density at radius 3 is 2.52 bits per heavy atom. The Balaban J connectivity index is 2.29. The summed E-state index contributed by atoms with van der Waals surface area (Å²) in [6.45, 7) is 4.35. The molecule has 1 N–H and O–H groups in total. The summed E-state index contributed by atoms with van der Waals surface area (Å²) >= 11 is 1.74. The predicted octanol–water partition coefficient (Wildman–Crippen LogP) is 3.13. The Morgan fingerprint density at radius 1 is 1.29 bits per heavy atom. The number of carboxylic acids is 1. The molecule has 0 aliphatic carbocycles. The van der Waals surface area contributed by atoms with Crippen LogP contribution in [0.4, 0.5) is 0 Å².